The maximum Gasteiger partial charge on any atom is 0.119 e. The van der Waals surface area contributed by atoms with Gasteiger partial charge in [0, 0.05) is 6.04 Å². The van der Waals surface area contributed by atoms with Crippen molar-refractivity contribution in [2.75, 3.05) is 6.61 Å². The number of aliphatic hydroxyl groups excluding tert-OH is 1. The smallest absolute Gasteiger partial charge is 0.119 e. The minimum Gasteiger partial charge on any atom is -0.384 e. The predicted octanol–water partition coefficient (Wildman–Crippen LogP) is 1.92. The molecule has 4 nitrogen and oxygen atoms in total. The lowest BCUT2D eigenvalue weighted by Gasteiger charge is -2.17. The Balaban J connectivity index is 2.64. The van der Waals surface area contributed by atoms with Gasteiger partial charge in [-0.1, -0.05) is 0 Å². The molecule has 0 fully saturated rings. The summed E-state index contributed by atoms with van der Waals surface area (Å²) < 4.78 is 7.32. The summed E-state index contributed by atoms with van der Waals surface area (Å²) in [5.41, 5.74) is 0.811. The molecule has 1 rings (SSSR count). The Morgan fingerprint density at radius 2 is 2.07 bits per heavy atom. The van der Waals surface area contributed by atoms with Crippen molar-refractivity contribution in [1.29, 1.82) is 0 Å². The van der Waals surface area contributed by atoms with Gasteiger partial charge in [0.2, 0.25) is 0 Å². The van der Waals surface area contributed by atoms with Crippen molar-refractivity contribution in [3.63, 3.8) is 0 Å². The third kappa shape index (κ3) is 3.32. The zero-order valence-corrected chi connectivity index (χ0v) is 9.84. The van der Waals surface area contributed by atoms with Crippen LogP contribution in [0.4, 0.5) is 0 Å². The van der Waals surface area contributed by atoms with Crippen molar-refractivity contribution in [3.8, 4) is 0 Å². The number of hydrogen-bond donors (Lipinski definition) is 1. The van der Waals surface area contributed by atoms with E-state index in [9.17, 15) is 5.11 Å². The zero-order chi connectivity index (χ0) is 11.4. The molecule has 1 aromatic rings. The van der Waals surface area contributed by atoms with E-state index in [1.54, 1.807) is 12.5 Å². The molecule has 1 N–H and O–H groups in total. The van der Waals surface area contributed by atoms with Gasteiger partial charge < -0.3 is 14.4 Å². The average Bonchev–Trinajstić information content (AvgIpc) is 2.62. The summed E-state index contributed by atoms with van der Waals surface area (Å²) in [6.07, 6.45) is 2.96. The first-order chi connectivity index (χ1) is 7.02. The Kier molecular flexibility index (Phi) is 4.29. The molecule has 1 unspecified atom stereocenters. The molecule has 0 radical (unpaired) electrons. The number of ether oxygens (including phenoxy) is 1. The zero-order valence-electron chi connectivity index (χ0n) is 9.84. The lowest BCUT2D eigenvalue weighted by atomic mass is 10.2. The largest absolute Gasteiger partial charge is 0.384 e. The van der Waals surface area contributed by atoms with Crippen LogP contribution in [0.2, 0.25) is 0 Å². The minimum absolute atomic E-state index is 0.134. The van der Waals surface area contributed by atoms with Gasteiger partial charge in [-0.2, -0.15) is 0 Å². The van der Waals surface area contributed by atoms with Gasteiger partial charge >= 0.3 is 0 Å². The topological polar surface area (TPSA) is 47.3 Å². The lowest BCUT2D eigenvalue weighted by Crippen LogP contribution is -2.16. The van der Waals surface area contributed by atoms with Crippen molar-refractivity contribution in [1.82, 2.24) is 9.55 Å². The SMILES string of the molecule is CC(C)OCC(O)c1cncn1C(C)C. The molecule has 86 valence electrons. The summed E-state index contributed by atoms with van der Waals surface area (Å²) in [4.78, 5) is 4.04. The molecule has 0 saturated heterocycles. The highest BCUT2D eigenvalue weighted by molar-refractivity contribution is 5.03. The fraction of sp³-hybridized carbons (Fsp3) is 0.727. The Morgan fingerprint density at radius 3 is 2.60 bits per heavy atom. The average molecular weight is 212 g/mol. The minimum atomic E-state index is -0.600. The standard InChI is InChI=1S/C11H20N2O2/c1-8(2)13-7-12-5-10(13)11(14)6-15-9(3)4/h5,7-9,11,14H,6H2,1-4H3. The molecular formula is C11H20N2O2. The van der Waals surface area contributed by atoms with E-state index in [0.717, 1.165) is 5.69 Å². The summed E-state index contributed by atoms with van der Waals surface area (Å²) >= 11 is 0. The Bertz CT molecular complexity index is 295. The molecule has 1 atom stereocenters. The molecule has 0 bridgehead atoms. The van der Waals surface area contributed by atoms with Crippen LogP contribution in [0.15, 0.2) is 12.5 Å². The van der Waals surface area contributed by atoms with Crippen molar-refractivity contribution in [2.24, 2.45) is 0 Å². The Labute approximate surface area is 90.9 Å². The van der Waals surface area contributed by atoms with E-state index in [4.69, 9.17) is 4.74 Å². The van der Waals surface area contributed by atoms with Crippen LogP contribution in [0.25, 0.3) is 0 Å². The number of nitrogens with zero attached hydrogens (tertiary/aromatic N) is 2. The summed E-state index contributed by atoms with van der Waals surface area (Å²) in [6.45, 7) is 8.33. The van der Waals surface area contributed by atoms with Crippen LogP contribution in [0.1, 0.15) is 45.5 Å². The van der Waals surface area contributed by atoms with Crippen LogP contribution in [0.3, 0.4) is 0 Å². The van der Waals surface area contributed by atoms with E-state index >= 15 is 0 Å². The number of rotatable bonds is 5. The van der Waals surface area contributed by atoms with E-state index in [1.165, 1.54) is 0 Å². The number of aliphatic hydroxyl groups is 1. The first kappa shape index (κ1) is 12.2. The molecule has 15 heavy (non-hydrogen) atoms. The summed E-state index contributed by atoms with van der Waals surface area (Å²) in [5, 5.41) is 9.90. The third-order valence-electron chi connectivity index (χ3n) is 2.18. The van der Waals surface area contributed by atoms with Gasteiger partial charge in [-0.15, -0.1) is 0 Å². The van der Waals surface area contributed by atoms with Crippen LogP contribution in [-0.2, 0) is 4.74 Å². The van der Waals surface area contributed by atoms with Crippen molar-refractivity contribution in [3.05, 3.63) is 18.2 Å². The van der Waals surface area contributed by atoms with Gasteiger partial charge in [-0.3, -0.25) is 0 Å². The van der Waals surface area contributed by atoms with Crippen LogP contribution in [-0.4, -0.2) is 27.4 Å². The second-order valence-electron chi connectivity index (χ2n) is 4.22. The van der Waals surface area contributed by atoms with E-state index in [2.05, 4.69) is 18.8 Å². The predicted molar refractivity (Wildman–Crippen MR) is 58.7 cm³/mol. The fourth-order valence-electron chi connectivity index (χ4n) is 1.37. The monoisotopic (exact) mass is 212 g/mol. The highest BCUT2D eigenvalue weighted by Crippen LogP contribution is 2.17. The molecule has 1 aromatic heterocycles. The summed E-state index contributed by atoms with van der Waals surface area (Å²) in [6, 6.07) is 0.302. The Hall–Kier alpha value is -0.870. The number of aromatic nitrogens is 2. The second kappa shape index (κ2) is 5.28. The molecule has 0 amide bonds. The first-order valence-electron chi connectivity index (χ1n) is 5.33. The van der Waals surface area contributed by atoms with Gasteiger partial charge in [-0.25, -0.2) is 4.98 Å². The van der Waals surface area contributed by atoms with E-state index < -0.39 is 6.10 Å². The van der Waals surface area contributed by atoms with Gasteiger partial charge in [-0.05, 0) is 27.7 Å². The molecule has 0 aromatic carbocycles. The molecule has 0 saturated carbocycles. The maximum absolute atomic E-state index is 9.90. The third-order valence-corrected chi connectivity index (χ3v) is 2.18. The first-order valence-corrected chi connectivity index (χ1v) is 5.33. The quantitative estimate of drug-likeness (QED) is 0.811. The molecule has 0 spiro atoms. The summed E-state index contributed by atoms with van der Waals surface area (Å²) in [5.74, 6) is 0. The second-order valence-corrected chi connectivity index (χ2v) is 4.22. The summed E-state index contributed by atoms with van der Waals surface area (Å²) in [7, 11) is 0. The van der Waals surface area contributed by atoms with Gasteiger partial charge in [0.05, 0.1) is 30.9 Å². The molecule has 0 aliphatic rings. The van der Waals surface area contributed by atoms with Crippen molar-refractivity contribution in [2.45, 2.75) is 45.9 Å². The Morgan fingerprint density at radius 1 is 1.40 bits per heavy atom. The lowest BCUT2D eigenvalue weighted by molar-refractivity contribution is 0.00158. The van der Waals surface area contributed by atoms with E-state index in [-0.39, 0.29) is 6.10 Å². The van der Waals surface area contributed by atoms with Crippen molar-refractivity contribution >= 4 is 0 Å². The van der Waals surface area contributed by atoms with Gasteiger partial charge in [0.25, 0.3) is 0 Å². The number of imidazole rings is 1. The molecule has 1 heterocycles. The molecule has 0 aliphatic heterocycles. The van der Waals surface area contributed by atoms with Crippen molar-refractivity contribution < 1.29 is 9.84 Å². The van der Waals surface area contributed by atoms with Crippen LogP contribution in [0.5, 0.6) is 0 Å². The molecular weight excluding hydrogens is 192 g/mol. The normalized spacial score (nSPS) is 13.8. The maximum atomic E-state index is 9.90. The van der Waals surface area contributed by atoms with E-state index in [0.29, 0.717) is 12.6 Å². The van der Waals surface area contributed by atoms with Crippen LogP contribution in [0, 0.1) is 0 Å². The highest BCUT2D eigenvalue weighted by Gasteiger charge is 2.15. The van der Waals surface area contributed by atoms with Gasteiger partial charge in [0.1, 0.15) is 6.10 Å². The van der Waals surface area contributed by atoms with Gasteiger partial charge in [0.15, 0.2) is 0 Å². The molecule has 4 heteroatoms. The number of hydrogen-bond acceptors (Lipinski definition) is 3. The molecule has 0 aliphatic carbocycles. The van der Waals surface area contributed by atoms with Crippen LogP contribution < -0.4 is 0 Å². The van der Waals surface area contributed by atoms with E-state index in [1.807, 2.05) is 18.4 Å². The highest BCUT2D eigenvalue weighted by atomic mass is 16.5. The van der Waals surface area contributed by atoms with Crippen LogP contribution >= 0.6 is 0 Å². The fourth-order valence-corrected chi connectivity index (χ4v) is 1.37.